The summed E-state index contributed by atoms with van der Waals surface area (Å²) in [4.78, 5) is 21.9. The van der Waals surface area contributed by atoms with Gasteiger partial charge in [-0.05, 0) is 49.0 Å². The average Bonchev–Trinajstić information content (AvgIpc) is 3.17. The van der Waals surface area contributed by atoms with Crippen LogP contribution in [-0.4, -0.2) is 63.3 Å². The third kappa shape index (κ3) is 4.14. The molecule has 0 aliphatic carbocycles. The van der Waals surface area contributed by atoms with E-state index in [4.69, 9.17) is 4.84 Å². The van der Waals surface area contributed by atoms with Crippen molar-refractivity contribution in [2.24, 2.45) is 0 Å². The molecule has 8 nitrogen and oxygen atoms in total. The second-order valence-corrected chi connectivity index (χ2v) is 7.48. The number of carbonyl (C=O) groups excluding carboxylic acids is 1. The molecule has 1 saturated heterocycles. The fourth-order valence-electron chi connectivity index (χ4n) is 3.62. The van der Waals surface area contributed by atoms with Gasteiger partial charge in [0.25, 0.3) is 0 Å². The van der Waals surface area contributed by atoms with E-state index >= 15 is 0 Å². The minimum Gasteiger partial charge on any atom is -0.369 e. The van der Waals surface area contributed by atoms with Crippen LogP contribution in [-0.2, 0) is 16.1 Å². The summed E-state index contributed by atoms with van der Waals surface area (Å²) >= 11 is 0. The zero-order valence-electron chi connectivity index (χ0n) is 17.2. The molecule has 0 saturated carbocycles. The number of likely N-dealkylation sites (N-methyl/N-ethyl adjacent to an activating group) is 2. The van der Waals surface area contributed by atoms with E-state index < -0.39 is 0 Å². The maximum Gasteiger partial charge on any atom is 0.250 e. The Bertz CT molecular complexity index is 864. The molecule has 4 rings (SSSR count). The van der Waals surface area contributed by atoms with Crippen LogP contribution in [0.1, 0.15) is 5.56 Å². The number of hydrogen-bond donors (Lipinski definition) is 2. The smallest absolute Gasteiger partial charge is 0.250 e. The van der Waals surface area contributed by atoms with Gasteiger partial charge in [-0.1, -0.05) is 6.07 Å². The number of benzene rings is 2. The van der Waals surface area contributed by atoms with Crippen molar-refractivity contribution in [1.29, 1.82) is 0 Å². The normalized spacial score (nSPS) is 16.5. The number of nitrogens with zero attached hydrogens (tertiary/aromatic N) is 4. The first-order valence-electron chi connectivity index (χ1n) is 9.84. The first-order valence-corrected chi connectivity index (χ1v) is 9.84. The summed E-state index contributed by atoms with van der Waals surface area (Å²) < 4.78 is 0. The highest BCUT2D eigenvalue weighted by Gasteiger charge is 2.22. The number of nitrogens with one attached hydrogen (secondary N) is 2. The summed E-state index contributed by atoms with van der Waals surface area (Å²) in [6.45, 7) is 4.28. The topological polar surface area (TPSA) is 63.3 Å². The summed E-state index contributed by atoms with van der Waals surface area (Å²) in [5, 5.41) is 3.25. The summed E-state index contributed by atoms with van der Waals surface area (Å²) in [5.74, 6) is -0.0885. The fourth-order valence-corrected chi connectivity index (χ4v) is 3.62. The first-order chi connectivity index (χ1) is 14.0. The predicted octanol–water partition coefficient (Wildman–Crippen LogP) is 1.98. The van der Waals surface area contributed by atoms with Gasteiger partial charge in [0.1, 0.15) is 0 Å². The molecule has 0 spiro atoms. The van der Waals surface area contributed by atoms with Gasteiger partial charge >= 0.3 is 0 Å². The SMILES string of the molecule is CON(C)C(=O)Cc1ccc2c(c1)N(c1ccc(N3CCN(C)CC3)cc1)NN2. The highest BCUT2D eigenvalue weighted by atomic mass is 16.7. The lowest BCUT2D eigenvalue weighted by molar-refractivity contribution is -0.167. The standard InChI is InChI=1S/C21H28N6O2/c1-24-10-12-26(13-11-24)17-5-7-18(8-6-17)27-20-14-16(4-9-19(20)22-23-27)15-21(28)25(2)29-3/h4-9,14,22-23H,10-13,15H2,1-3H3. The number of fused-ring (bicyclic) bond motifs is 1. The number of hydrazine groups is 2. The van der Waals surface area contributed by atoms with Crippen LogP contribution in [0.2, 0.25) is 0 Å². The number of hydrogen-bond acceptors (Lipinski definition) is 7. The Kier molecular flexibility index (Phi) is 5.57. The third-order valence-electron chi connectivity index (χ3n) is 5.56. The molecule has 154 valence electrons. The Morgan fingerprint density at radius 3 is 2.45 bits per heavy atom. The Morgan fingerprint density at radius 2 is 1.76 bits per heavy atom. The number of amides is 1. The minimum absolute atomic E-state index is 0.0885. The zero-order chi connectivity index (χ0) is 20.4. The lowest BCUT2D eigenvalue weighted by atomic mass is 10.1. The van der Waals surface area contributed by atoms with Crippen molar-refractivity contribution in [2.45, 2.75) is 6.42 Å². The van der Waals surface area contributed by atoms with Crippen LogP contribution in [0.4, 0.5) is 22.7 Å². The van der Waals surface area contributed by atoms with Crippen molar-refractivity contribution < 1.29 is 9.63 Å². The predicted molar refractivity (Wildman–Crippen MR) is 115 cm³/mol. The van der Waals surface area contributed by atoms with E-state index in [1.807, 2.05) is 23.2 Å². The lowest BCUT2D eigenvalue weighted by Gasteiger charge is -2.34. The number of anilines is 4. The van der Waals surface area contributed by atoms with Gasteiger partial charge in [-0.3, -0.25) is 14.6 Å². The third-order valence-corrected chi connectivity index (χ3v) is 5.56. The second-order valence-electron chi connectivity index (χ2n) is 7.48. The lowest BCUT2D eigenvalue weighted by Crippen LogP contribution is -2.44. The van der Waals surface area contributed by atoms with Crippen molar-refractivity contribution in [1.82, 2.24) is 15.5 Å². The number of carbonyl (C=O) groups is 1. The van der Waals surface area contributed by atoms with Crippen LogP contribution in [0, 0.1) is 0 Å². The minimum atomic E-state index is -0.0885. The molecular weight excluding hydrogens is 368 g/mol. The molecule has 0 bridgehead atoms. The molecule has 8 heteroatoms. The summed E-state index contributed by atoms with van der Waals surface area (Å²) in [7, 11) is 5.27. The average molecular weight is 396 g/mol. The molecule has 2 aromatic carbocycles. The van der Waals surface area contributed by atoms with Gasteiger partial charge in [-0.25, -0.2) is 5.06 Å². The molecule has 2 N–H and O–H groups in total. The van der Waals surface area contributed by atoms with Crippen LogP contribution in [0.3, 0.4) is 0 Å². The van der Waals surface area contributed by atoms with Crippen molar-refractivity contribution in [3.8, 4) is 0 Å². The van der Waals surface area contributed by atoms with Crippen LogP contribution in [0.5, 0.6) is 0 Å². The van der Waals surface area contributed by atoms with E-state index in [-0.39, 0.29) is 12.3 Å². The van der Waals surface area contributed by atoms with E-state index in [1.165, 1.54) is 17.9 Å². The zero-order valence-corrected chi connectivity index (χ0v) is 17.2. The van der Waals surface area contributed by atoms with Crippen LogP contribution < -0.4 is 20.9 Å². The molecule has 29 heavy (non-hydrogen) atoms. The van der Waals surface area contributed by atoms with Gasteiger partial charge < -0.3 is 15.2 Å². The number of piperazine rings is 1. The highest BCUT2D eigenvalue weighted by Crippen LogP contribution is 2.36. The largest absolute Gasteiger partial charge is 0.369 e. The summed E-state index contributed by atoms with van der Waals surface area (Å²) in [5.41, 5.74) is 11.6. The highest BCUT2D eigenvalue weighted by molar-refractivity contribution is 5.83. The summed E-state index contributed by atoms with van der Waals surface area (Å²) in [6.07, 6.45) is 0.286. The molecule has 2 heterocycles. The van der Waals surface area contributed by atoms with Gasteiger partial charge in [0.2, 0.25) is 5.91 Å². The molecule has 0 aromatic heterocycles. The van der Waals surface area contributed by atoms with E-state index in [0.717, 1.165) is 48.8 Å². The first kappa shape index (κ1) is 19.5. The van der Waals surface area contributed by atoms with Gasteiger partial charge in [0.15, 0.2) is 0 Å². The fraction of sp³-hybridized carbons (Fsp3) is 0.381. The van der Waals surface area contributed by atoms with E-state index in [9.17, 15) is 4.79 Å². The van der Waals surface area contributed by atoms with E-state index in [0.29, 0.717) is 0 Å². The number of hydroxylamine groups is 2. The summed E-state index contributed by atoms with van der Waals surface area (Å²) in [6, 6.07) is 14.5. The molecule has 2 aromatic rings. The molecule has 0 unspecified atom stereocenters. The van der Waals surface area contributed by atoms with Crippen molar-refractivity contribution in [3.05, 3.63) is 48.0 Å². The van der Waals surface area contributed by atoms with Crippen LogP contribution in [0.25, 0.3) is 0 Å². The van der Waals surface area contributed by atoms with Gasteiger partial charge in [-0.2, -0.15) is 0 Å². The Hall–Kier alpha value is -2.81. The maximum atomic E-state index is 12.2. The van der Waals surface area contributed by atoms with Crippen LogP contribution >= 0.6 is 0 Å². The molecule has 1 fully saturated rings. The molecule has 2 aliphatic rings. The Labute approximate surface area is 171 Å². The van der Waals surface area contributed by atoms with Gasteiger partial charge in [-0.15, -0.1) is 5.53 Å². The molecule has 0 radical (unpaired) electrons. The maximum absolute atomic E-state index is 12.2. The molecular formula is C21H28N6O2. The Morgan fingerprint density at radius 1 is 1.07 bits per heavy atom. The van der Waals surface area contributed by atoms with Gasteiger partial charge in [0.05, 0.1) is 30.6 Å². The van der Waals surface area contributed by atoms with Crippen LogP contribution in [0.15, 0.2) is 42.5 Å². The molecule has 1 amide bonds. The van der Waals surface area contributed by atoms with E-state index in [1.54, 1.807) is 7.05 Å². The monoisotopic (exact) mass is 396 g/mol. The van der Waals surface area contributed by atoms with Gasteiger partial charge in [0, 0.05) is 38.9 Å². The Balaban J connectivity index is 1.50. The van der Waals surface area contributed by atoms with Crippen molar-refractivity contribution in [3.63, 3.8) is 0 Å². The van der Waals surface area contributed by atoms with E-state index in [2.05, 4.69) is 52.1 Å². The quantitative estimate of drug-likeness (QED) is 0.750. The second kappa shape index (κ2) is 8.28. The number of rotatable bonds is 5. The molecule has 2 aliphatic heterocycles. The van der Waals surface area contributed by atoms with Crippen molar-refractivity contribution >= 4 is 28.7 Å². The molecule has 0 atom stereocenters. The van der Waals surface area contributed by atoms with Crippen molar-refractivity contribution in [2.75, 3.05) is 62.7 Å².